The number of nitrogens with one attached hydrogen (secondary N) is 1. The van der Waals surface area contributed by atoms with Crippen molar-refractivity contribution in [2.75, 3.05) is 20.8 Å². The van der Waals surface area contributed by atoms with Crippen molar-refractivity contribution in [2.45, 2.75) is 12.1 Å². The summed E-state index contributed by atoms with van der Waals surface area (Å²) < 4.78 is 29.4. The Morgan fingerprint density at radius 2 is 2.04 bits per heavy atom. The van der Waals surface area contributed by atoms with Crippen LogP contribution in [-0.2, 0) is 9.53 Å². The summed E-state index contributed by atoms with van der Waals surface area (Å²) >= 11 is 0. The Balaban J connectivity index is 2.03. The number of carbonyl (C=O) groups excluding carboxylic acids is 1. The van der Waals surface area contributed by atoms with Crippen LogP contribution >= 0.6 is 0 Å². The molecule has 1 fully saturated rings. The van der Waals surface area contributed by atoms with Crippen molar-refractivity contribution < 1.29 is 23.4 Å². The minimum Gasteiger partial charge on any atom is -0.497 e. The first-order valence-corrected chi connectivity index (χ1v) is 7.51. The molecule has 2 unspecified atom stereocenters. The van der Waals surface area contributed by atoms with Crippen LogP contribution in [0, 0.1) is 5.82 Å². The molecule has 5 nitrogen and oxygen atoms in total. The molecular formula is C18H18FNO4. The maximum absolute atomic E-state index is 13.8. The zero-order valence-electron chi connectivity index (χ0n) is 13.4. The van der Waals surface area contributed by atoms with Crippen LogP contribution in [0.2, 0.25) is 0 Å². The van der Waals surface area contributed by atoms with Crippen molar-refractivity contribution in [2.24, 2.45) is 0 Å². The summed E-state index contributed by atoms with van der Waals surface area (Å²) in [6.07, 6.45) is -0.447. The fraction of sp³-hybridized carbons (Fsp3) is 0.278. The maximum Gasteiger partial charge on any atom is 0.252 e. The lowest BCUT2D eigenvalue weighted by atomic mass is 9.97. The van der Waals surface area contributed by atoms with Gasteiger partial charge in [-0.05, 0) is 35.9 Å². The Labute approximate surface area is 139 Å². The Morgan fingerprint density at radius 3 is 2.71 bits per heavy atom. The monoisotopic (exact) mass is 331 g/mol. The van der Waals surface area contributed by atoms with Crippen LogP contribution < -0.4 is 14.8 Å². The van der Waals surface area contributed by atoms with Gasteiger partial charge in [-0.3, -0.25) is 4.79 Å². The number of ether oxygens (including phenoxy) is 3. The van der Waals surface area contributed by atoms with Crippen LogP contribution in [0.3, 0.4) is 0 Å². The summed E-state index contributed by atoms with van der Waals surface area (Å²) in [5.74, 6) is 0.482. The van der Waals surface area contributed by atoms with E-state index >= 15 is 0 Å². The van der Waals surface area contributed by atoms with Gasteiger partial charge in [0.2, 0.25) is 0 Å². The van der Waals surface area contributed by atoms with Gasteiger partial charge in [0.15, 0.2) is 6.10 Å². The molecule has 1 aliphatic rings. The third-order valence-electron chi connectivity index (χ3n) is 3.84. The number of rotatable bonds is 6. The van der Waals surface area contributed by atoms with Gasteiger partial charge in [-0.15, -0.1) is 0 Å². The highest BCUT2D eigenvalue weighted by Gasteiger charge is 2.34. The molecule has 1 amide bonds. The predicted octanol–water partition coefficient (Wildman–Crippen LogP) is 2.45. The molecule has 24 heavy (non-hydrogen) atoms. The van der Waals surface area contributed by atoms with E-state index < -0.39 is 18.0 Å². The molecule has 1 aliphatic heterocycles. The molecule has 2 aromatic carbocycles. The molecule has 2 aromatic rings. The average Bonchev–Trinajstić information content (AvgIpc) is 3.44. The van der Waals surface area contributed by atoms with Crippen LogP contribution in [-0.4, -0.2) is 32.8 Å². The highest BCUT2D eigenvalue weighted by molar-refractivity contribution is 5.83. The van der Waals surface area contributed by atoms with Crippen molar-refractivity contribution in [3.05, 3.63) is 59.4 Å². The normalized spacial score (nSPS) is 17.0. The van der Waals surface area contributed by atoms with E-state index in [9.17, 15) is 9.18 Å². The van der Waals surface area contributed by atoms with Crippen LogP contribution in [0.5, 0.6) is 11.5 Å². The summed E-state index contributed by atoms with van der Waals surface area (Å²) in [7, 11) is 3.07. The van der Waals surface area contributed by atoms with E-state index in [0.717, 1.165) is 5.56 Å². The second-order valence-corrected chi connectivity index (χ2v) is 5.43. The topological polar surface area (TPSA) is 60.1 Å². The third-order valence-corrected chi connectivity index (χ3v) is 3.84. The van der Waals surface area contributed by atoms with Gasteiger partial charge in [-0.2, -0.15) is 0 Å². The largest absolute Gasteiger partial charge is 0.497 e. The summed E-state index contributed by atoms with van der Waals surface area (Å²) in [5.41, 5.74) is 1.28. The van der Waals surface area contributed by atoms with E-state index in [1.807, 2.05) is 12.1 Å². The van der Waals surface area contributed by atoms with Gasteiger partial charge in [0.25, 0.3) is 5.91 Å². The van der Waals surface area contributed by atoms with E-state index in [1.54, 1.807) is 19.2 Å². The molecule has 0 spiro atoms. The lowest BCUT2D eigenvalue weighted by Crippen LogP contribution is -2.33. The van der Waals surface area contributed by atoms with Crippen molar-refractivity contribution in [1.82, 2.24) is 5.32 Å². The van der Waals surface area contributed by atoms with E-state index in [4.69, 9.17) is 14.2 Å². The molecule has 3 rings (SSSR count). The van der Waals surface area contributed by atoms with Crippen molar-refractivity contribution in [3.63, 3.8) is 0 Å². The molecule has 0 radical (unpaired) electrons. The Bertz CT molecular complexity index is 746. The molecule has 1 saturated heterocycles. The smallest absolute Gasteiger partial charge is 0.252 e. The van der Waals surface area contributed by atoms with Gasteiger partial charge in [-0.1, -0.05) is 12.1 Å². The summed E-state index contributed by atoms with van der Waals surface area (Å²) in [4.78, 5) is 12.2. The molecule has 0 bridgehead atoms. The standard InChI is InChI=1S/C18H18FNO4/c1-22-13-5-3-4-11(8-13)17(20-18(21)16-10-24-16)14-9-12(19)6-7-15(14)23-2/h3-9,16-17H,10H2,1-2H3,(H,20,21). The van der Waals surface area contributed by atoms with Gasteiger partial charge in [0.05, 0.1) is 26.9 Å². The average molecular weight is 331 g/mol. The minimum absolute atomic E-state index is 0.242. The molecule has 0 saturated carbocycles. The minimum atomic E-state index is -0.581. The Kier molecular flexibility index (Phi) is 4.66. The molecule has 0 aliphatic carbocycles. The zero-order chi connectivity index (χ0) is 17.1. The number of hydrogen-bond donors (Lipinski definition) is 1. The first-order chi connectivity index (χ1) is 11.6. The number of benzene rings is 2. The number of methoxy groups -OCH3 is 2. The van der Waals surface area contributed by atoms with Gasteiger partial charge in [0, 0.05) is 5.56 Å². The second kappa shape index (κ2) is 6.88. The van der Waals surface area contributed by atoms with Crippen LogP contribution in [0.1, 0.15) is 17.2 Å². The Hall–Kier alpha value is -2.60. The first-order valence-electron chi connectivity index (χ1n) is 7.51. The van der Waals surface area contributed by atoms with E-state index in [0.29, 0.717) is 23.7 Å². The van der Waals surface area contributed by atoms with Gasteiger partial charge in [-0.25, -0.2) is 4.39 Å². The van der Waals surface area contributed by atoms with Crippen molar-refractivity contribution in [1.29, 1.82) is 0 Å². The molecule has 1 N–H and O–H groups in total. The van der Waals surface area contributed by atoms with Crippen molar-refractivity contribution in [3.8, 4) is 11.5 Å². The second-order valence-electron chi connectivity index (χ2n) is 5.43. The summed E-state index contributed by atoms with van der Waals surface area (Å²) in [5, 5.41) is 2.90. The molecule has 2 atom stereocenters. The van der Waals surface area contributed by atoms with E-state index in [2.05, 4.69) is 5.32 Å². The maximum atomic E-state index is 13.8. The molecular weight excluding hydrogens is 313 g/mol. The number of halogens is 1. The number of amides is 1. The predicted molar refractivity (Wildman–Crippen MR) is 85.7 cm³/mol. The van der Waals surface area contributed by atoms with Gasteiger partial charge < -0.3 is 19.5 Å². The fourth-order valence-electron chi connectivity index (χ4n) is 2.53. The van der Waals surface area contributed by atoms with Crippen LogP contribution in [0.4, 0.5) is 4.39 Å². The highest BCUT2D eigenvalue weighted by atomic mass is 19.1. The van der Waals surface area contributed by atoms with Gasteiger partial charge >= 0.3 is 0 Å². The summed E-state index contributed by atoms with van der Waals surface area (Å²) in [6, 6.07) is 10.9. The van der Waals surface area contributed by atoms with Gasteiger partial charge in [0.1, 0.15) is 17.3 Å². The third kappa shape index (κ3) is 3.49. The van der Waals surface area contributed by atoms with E-state index in [1.165, 1.54) is 25.3 Å². The number of hydrogen-bond acceptors (Lipinski definition) is 4. The molecule has 0 aromatic heterocycles. The van der Waals surface area contributed by atoms with E-state index in [-0.39, 0.29) is 5.91 Å². The molecule has 126 valence electrons. The lowest BCUT2D eigenvalue weighted by Gasteiger charge is -2.22. The lowest BCUT2D eigenvalue weighted by molar-refractivity contribution is -0.122. The zero-order valence-corrected chi connectivity index (χ0v) is 13.4. The summed E-state index contributed by atoms with van der Waals surface area (Å²) in [6.45, 7) is 0.400. The quantitative estimate of drug-likeness (QED) is 0.826. The first kappa shape index (κ1) is 16.3. The SMILES string of the molecule is COc1cccc(C(NC(=O)C2CO2)c2cc(F)ccc2OC)c1. The Morgan fingerprint density at radius 1 is 1.25 bits per heavy atom. The van der Waals surface area contributed by atoms with Crippen LogP contribution in [0.25, 0.3) is 0 Å². The number of epoxide rings is 1. The molecule has 1 heterocycles. The van der Waals surface area contributed by atoms with Crippen molar-refractivity contribution >= 4 is 5.91 Å². The fourth-order valence-corrected chi connectivity index (χ4v) is 2.53. The number of carbonyl (C=O) groups is 1. The van der Waals surface area contributed by atoms with Crippen LogP contribution in [0.15, 0.2) is 42.5 Å². The molecule has 6 heteroatoms. The highest BCUT2D eigenvalue weighted by Crippen LogP contribution is 2.32.